The first-order chi connectivity index (χ1) is 23.3. The molecule has 1 aliphatic heterocycles. The highest BCUT2D eigenvalue weighted by molar-refractivity contribution is 7.13. The van der Waals surface area contributed by atoms with Crippen LogP contribution in [0.15, 0.2) is 29.6 Å². The van der Waals surface area contributed by atoms with E-state index in [9.17, 15) is 14.4 Å². The molecule has 1 aromatic carbocycles. The largest absolute Gasteiger partial charge is 0.379 e. The van der Waals surface area contributed by atoms with Gasteiger partial charge in [0.25, 0.3) is 0 Å². The summed E-state index contributed by atoms with van der Waals surface area (Å²) in [6.45, 7) is 13.1. The van der Waals surface area contributed by atoms with Gasteiger partial charge in [-0.15, -0.1) is 11.3 Å². The van der Waals surface area contributed by atoms with Crippen LogP contribution in [0.25, 0.3) is 10.6 Å². The Bertz CT molecular complexity index is 1170. The lowest BCUT2D eigenvalue weighted by atomic mass is 10.1. The number of hydrogen-bond acceptors (Lipinski definition) is 10. The van der Waals surface area contributed by atoms with E-state index in [1.165, 1.54) is 0 Å². The van der Waals surface area contributed by atoms with Gasteiger partial charge in [-0.05, 0) is 45.6 Å². The highest BCUT2D eigenvalue weighted by Gasteiger charge is 2.31. The third-order valence-electron chi connectivity index (χ3n) is 7.76. The van der Waals surface area contributed by atoms with Crippen LogP contribution in [0.5, 0.6) is 0 Å². The van der Waals surface area contributed by atoms with Crippen LogP contribution in [0.4, 0.5) is 0 Å². The molecule has 3 unspecified atom stereocenters. The van der Waals surface area contributed by atoms with E-state index in [1.54, 1.807) is 11.3 Å². The van der Waals surface area contributed by atoms with Crippen molar-refractivity contribution in [1.29, 1.82) is 0 Å². The number of carbonyl (C=O) groups excluding carboxylic acids is 3. The minimum absolute atomic E-state index is 0.0413. The average molecular weight is 692 g/mol. The highest BCUT2D eigenvalue weighted by Crippen LogP contribution is 2.25. The number of nitrogens with two attached hydrogens (primary N) is 1. The summed E-state index contributed by atoms with van der Waals surface area (Å²) in [7, 11) is 0. The van der Waals surface area contributed by atoms with Gasteiger partial charge in [0.05, 0.1) is 58.9 Å². The number of aromatic nitrogens is 1. The van der Waals surface area contributed by atoms with E-state index in [0.717, 1.165) is 60.5 Å². The molecule has 13 heteroatoms. The maximum atomic E-state index is 12.8. The van der Waals surface area contributed by atoms with Crippen LogP contribution in [0.1, 0.15) is 76.6 Å². The Morgan fingerprint density at radius 3 is 2.19 bits per heavy atom. The molecule has 3 rings (SSSR count). The number of rotatable bonds is 23. The monoisotopic (exact) mass is 691 g/mol. The van der Waals surface area contributed by atoms with E-state index >= 15 is 0 Å². The molecule has 0 bridgehead atoms. The lowest BCUT2D eigenvalue weighted by molar-refractivity contribution is -0.137. The number of nitrogens with one attached hydrogen (secondary N) is 2. The maximum Gasteiger partial charge on any atom is 0.245 e. The summed E-state index contributed by atoms with van der Waals surface area (Å²) in [4.78, 5) is 41.8. The number of likely N-dealkylation sites (tertiary alicyclic amines) is 1. The molecule has 2 heterocycles. The van der Waals surface area contributed by atoms with Crippen molar-refractivity contribution in [2.75, 3.05) is 65.9 Å². The molecule has 270 valence electrons. The Morgan fingerprint density at radius 1 is 1.04 bits per heavy atom. The molecular weight excluding hydrogens is 634 g/mol. The van der Waals surface area contributed by atoms with E-state index in [-0.39, 0.29) is 30.3 Å². The van der Waals surface area contributed by atoms with Gasteiger partial charge in [0.2, 0.25) is 18.2 Å². The van der Waals surface area contributed by atoms with E-state index in [2.05, 4.69) is 29.5 Å². The zero-order chi connectivity index (χ0) is 35.0. The molecule has 0 saturated carbocycles. The van der Waals surface area contributed by atoms with Crippen LogP contribution in [0, 0.1) is 6.92 Å². The third-order valence-corrected chi connectivity index (χ3v) is 8.77. The van der Waals surface area contributed by atoms with Crippen molar-refractivity contribution in [2.45, 2.75) is 84.3 Å². The number of aryl methyl sites for hydroxylation is 1. The molecule has 1 aromatic heterocycles. The van der Waals surface area contributed by atoms with Gasteiger partial charge in [-0.1, -0.05) is 44.0 Å². The fourth-order valence-corrected chi connectivity index (χ4v) is 5.81. The van der Waals surface area contributed by atoms with Gasteiger partial charge in [0, 0.05) is 42.2 Å². The average Bonchev–Trinajstić information content (AvgIpc) is 3.73. The van der Waals surface area contributed by atoms with Crippen molar-refractivity contribution in [2.24, 2.45) is 5.73 Å². The van der Waals surface area contributed by atoms with Crippen molar-refractivity contribution < 1.29 is 33.3 Å². The smallest absolute Gasteiger partial charge is 0.245 e. The topological polar surface area (TPSA) is 154 Å². The molecule has 0 spiro atoms. The molecule has 4 N–H and O–H groups in total. The molecule has 1 aliphatic rings. The Hall–Kier alpha value is -2.94. The maximum absolute atomic E-state index is 12.8. The summed E-state index contributed by atoms with van der Waals surface area (Å²) < 4.78 is 21.4. The fraction of sp³-hybridized carbons (Fsp3) is 0.657. The standard InChI is InChI=1S/C22H43N3O6.C13H14N2OS/c1-3-4-7-20(22(27)25-10-5-6-19(25)2)24-21(26)8-11-28-13-15-30-17-18-31-16-14-29-12-9-23;1-9-7-17-13(15-9)12-5-3-11(4-6-12)10(2)14-8-16/h19-20H,3-18,23H2,1-2H3,(H,24,26);3-8,10H,1-2H3,(H,14,16). The van der Waals surface area contributed by atoms with Crippen molar-refractivity contribution in [1.82, 2.24) is 20.5 Å². The lowest BCUT2D eigenvalue weighted by Gasteiger charge is -2.27. The van der Waals surface area contributed by atoms with Crippen LogP contribution >= 0.6 is 11.3 Å². The zero-order valence-corrected chi connectivity index (χ0v) is 30.1. The predicted octanol–water partition coefficient (Wildman–Crippen LogP) is 4.01. The van der Waals surface area contributed by atoms with E-state index in [0.29, 0.717) is 65.8 Å². The van der Waals surface area contributed by atoms with Gasteiger partial charge in [0.15, 0.2) is 0 Å². The van der Waals surface area contributed by atoms with Crippen molar-refractivity contribution in [3.63, 3.8) is 0 Å². The number of benzene rings is 1. The fourth-order valence-electron chi connectivity index (χ4n) is 5.00. The van der Waals surface area contributed by atoms with Crippen LogP contribution < -0.4 is 16.4 Å². The van der Waals surface area contributed by atoms with Gasteiger partial charge >= 0.3 is 0 Å². The Labute approximate surface area is 290 Å². The summed E-state index contributed by atoms with van der Waals surface area (Å²) >= 11 is 1.64. The Kier molecular flexibility index (Phi) is 21.6. The Morgan fingerprint density at radius 2 is 1.67 bits per heavy atom. The molecule has 0 aliphatic carbocycles. The first-order valence-corrected chi connectivity index (χ1v) is 18.0. The number of nitrogens with zero attached hydrogens (tertiary/aromatic N) is 2. The predicted molar refractivity (Wildman–Crippen MR) is 189 cm³/mol. The van der Waals surface area contributed by atoms with E-state index in [4.69, 9.17) is 24.7 Å². The van der Waals surface area contributed by atoms with Crippen molar-refractivity contribution in [3.05, 3.63) is 40.9 Å². The first kappa shape index (κ1) is 41.2. The third kappa shape index (κ3) is 16.4. The molecule has 0 radical (unpaired) electrons. The molecular formula is C35H57N5O7S. The van der Waals surface area contributed by atoms with E-state index in [1.807, 2.05) is 48.4 Å². The summed E-state index contributed by atoms with van der Waals surface area (Å²) in [5.41, 5.74) is 8.57. The SMILES string of the molecule is CCCCC(NC(=O)CCOCCOCCOCCOCCN)C(=O)N1CCCC1C.Cc1csc(-c2ccc(C(C)NC=O)cc2)n1. The van der Waals surface area contributed by atoms with Crippen molar-refractivity contribution in [3.8, 4) is 10.6 Å². The minimum atomic E-state index is -0.433. The van der Waals surface area contributed by atoms with Crippen LogP contribution in [-0.4, -0.2) is 106 Å². The molecule has 1 fully saturated rings. The quantitative estimate of drug-likeness (QED) is 0.116. The molecule has 48 heavy (non-hydrogen) atoms. The summed E-state index contributed by atoms with van der Waals surface area (Å²) in [6, 6.07) is 7.98. The number of hydrogen-bond donors (Lipinski definition) is 3. The number of amides is 3. The first-order valence-electron chi connectivity index (χ1n) is 17.1. The number of ether oxygens (including phenoxy) is 4. The second-order valence-electron chi connectivity index (χ2n) is 11.7. The van der Waals surface area contributed by atoms with Gasteiger partial charge in [-0.2, -0.15) is 0 Å². The van der Waals surface area contributed by atoms with Crippen molar-refractivity contribution >= 4 is 29.6 Å². The van der Waals surface area contributed by atoms with Gasteiger partial charge < -0.3 is 40.2 Å². The number of carbonyl (C=O) groups is 3. The summed E-state index contributed by atoms with van der Waals surface area (Å²) in [5, 5.41) is 8.72. The number of thiazole rings is 1. The summed E-state index contributed by atoms with van der Waals surface area (Å²) in [6.07, 6.45) is 5.61. The minimum Gasteiger partial charge on any atom is -0.379 e. The molecule has 1 saturated heterocycles. The molecule has 3 atom stereocenters. The zero-order valence-electron chi connectivity index (χ0n) is 29.2. The normalized spacial score (nSPS) is 15.4. The second-order valence-corrected chi connectivity index (χ2v) is 12.6. The lowest BCUT2D eigenvalue weighted by Crippen LogP contribution is -2.49. The highest BCUT2D eigenvalue weighted by atomic mass is 32.1. The number of unbranched alkanes of at least 4 members (excludes halogenated alkanes) is 1. The molecule has 3 amide bonds. The summed E-state index contributed by atoms with van der Waals surface area (Å²) in [5.74, 6) is -0.0956. The molecule has 2 aromatic rings. The molecule has 12 nitrogen and oxygen atoms in total. The van der Waals surface area contributed by atoms with Gasteiger partial charge in [0.1, 0.15) is 11.0 Å². The van der Waals surface area contributed by atoms with E-state index < -0.39 is 6.04 Å². The van der Waals surface area contributed by atoms with Gasteiger partial charge in [-0.25, -0.2) is 4.98 Å². The second kappa shape index (κ2) is 25.1. The van der Waals surface area contributed by atoms with Gasteiger partial charge in [-0.3, -0.25) is 14.4 Å². The Balaban J connectivity index is 0.000000393. The van der Waals surface area contributed by atoms with Crippen LogP contribution in [-0.2, 0) is 33.3 Å². The van der Waals surface area contributed by atoms with Crippen LogP contribution in [0.2, 0.25) is 0 Å². The van der Waals surface area contributed by atoms with Crippen LogP contribution in [0.3, 0.4) is 0 Å².